The summed E-state index contributed by atoms with van der Waals surface area (Å²) in [7, 11) is 1.36. The SMILES string of the molecule is COc1cc(C(=O)O)c2c(c1C)OC(=O)C1=C(O2)C(C=O)C(O)C=C1C. The number of rotatable bonds is 3. The van der Waals surface area contributed by atoms with Crippen molar-refractivity contribution in [1.29, 1.82) is 0 Å². The summed E-state index contributed by atoms with van der Waals surface area (Å²) in [6, 6.07) is 1.24. The Bertz CT molecular complexity index is 893. The number of carbonyl (C=O) groups excluding carboxylic acids is 2. The quantitative estimate of drug-likeness (QED) is 0.471. The normalized spacial score (nSPS) is 21.5. The first-order valence-electron chi connectivity index (χ1n) is 7.71. The second kappa shape index (κ2) is 6.30. The number of methoxy groups -OCH3 is 1. The van der Waals surface area contributed by atoms with Crippen molar-refractivity contribution >= 4 is 18.2 Å². The highest BCUT2D eigenvalue weighted by Gasteiger charge is 2.40. The summed E-state index contributed by atoms with van der Waals surface area (Å²) in [5.74, 6) is -3.54. The van der Waals surface area contributed by atoms with Crippen LogP contribution in [0.2, 0.25) is 0 Å². The van der Waals surface area contributed by atoms with Crippen molar-refractivity contribution in [3.8, 4) is 17.2 Å². The van der Waals surface area contributed by atoms with Gasteiger partial charge in [-0.05, 0) is 25.5 Å². The number of aliphatic hydroxyl groups excluding tert-OH is 1. The Hall–Kier alpha value is -3.13. The first-order valence-corrected chi connectivity index (χ1v) is 7.71. The molecule has 1 heterocycles. The standard InChI is InChI=1S/C18H16O8/c1-7-4-11(20)10(6-19)15-13(7)18(23)26-14-8(2)12(24-3)5-9(17(21)22)16(14)25-15/h4-6,10-11,20H,1-3H3,(H,21,22). The lowest BCUT2D eigenvalue weighted by atomic mass is 9.87. The van der Waals surface area contributed by atoms with Gasteiger partial charge in [0, 0.05) is 5.56 Å². The number of carboxylic acid groups (broad SMARTS) is 1. The molecule has 2 atom stereocenters. The first-order chi connectivity index (χ1) is 12.3. The highest BCUT2D eigenvalue weighted by molar-refractivity contribution is 6.00. The number of esters is 1. The number of hydrogen-bond acceptors (Lipinski definition) is 7. The predicted octanol–water partition coefficient (Wildman–Crippen LogP) is 1.39. The summed E-state index contributed by atoms with van der Waals surface area (Å²) in [4.78, 5) is 35.8. The van der Waals surface area contributed by atoms with E-state index in [1.54, 1.807) is 13.8 Å². The average molecular weight is 360 g/mol. The van der Waals surface area contributed by atoms with Crippen LogP contribution in [0.25, 0.3) is 0 Å². The summed E-state index contributed by atoms with van der Waals surface area (Å²) in [5, 5.41) is 19.6. The van der Waals surface area contributed by atoms with Crippen LogP contribution < -0.4 is 14.2 Å². The molecule has 0 saturated heterocycles. The van der Waals surface area contributed by atoms with Crippen LogP contribution in [-0.2, 0) is 9.59 Å². The third-order valence-electron chi connectivity index (χ3n) is 4.38. The molecule has 2 N–H and O–H groups in total. The van der Waals surface area contributed by atoms with Crippen molar-refractivity contribution in [1.82, 2.24) is 0 Å². The van der Waals surface area contributed by atoms with Crippen LogP contribution in [0.3, 0.4) is 0 Å². The van der Waals surface area contributed by atoms with E-state index in [1.165, 1.54) is 19.3 Å². The number of fused-ring (bicyclic) bond motifs is 1. The van der Waals surface area contributed by atoms with Crippen LogP contribution >= 0.6 is 0 Å². The summed E-state index contributed by atoms with van der Waals surface area (Å²) >= 11 is 0. The average Bonchev–Trinajstić information content (AvgIpc) is 2.72. The monoisotopic (exact) mass is 360 g/mol. The predicted molar refractivity (Wildman–Crippen MR) is 87.3 cm³/mol. The molecule has 0 fully saturated rings. The van der Waals surface area contributed by atoms with E-state index in [0.717, 1.165) is 0 Å². The Morgan fingerprint density at radius 3 is 2.54 bits per heavy atom. The lowest BCUT2D eigenvalue weighted by Gasteiger charge is -2.25. The van der Waals surface area contributed by atoms with Gasteiger partial charge in [0.1, 0.15) is 34.8 Å². The molecule has 2 unspecified atom stereocenters. The van der Waals surface area contributed by atoms with Gasteiger partial charge in [-0.2, -0.15) is 0 Å². The van der Waals surface area contributed by atoms with Crippen LogP contribution in [0.15, 0.2) is 29.0 Å². The van der Waals surface area contributed by atoms with Crippen LogP contribution in [0.4, 0.5) is 0 Å². The summed E-state index contributed by atoms with van der Waals surface area (Å²) in [5.41, 5.74) is 0.420. The number of aliphatic hydroxyl groups is 1. The van der Waals surface area contributed by atoms with Gasteiger partial charge >= 0.3 is 11.9 Å². The third kappa shape index (κ3) is 2.55. The number of benzene rings is 1. The Labute approximate surface area is 148 Å². The van der Waals surface area contributed by atoms with Crippen molar-refractivity contribution < 1.29 is 38.8 Å². The maximum atomic E-state index is 12.6. The summed E-state index contributed by atoms with van der Waals surface area (Å²) in [6.07, 6.45) is 0.593. The number of aromatic carboxylic acids is 1. The van der Waals surface area contributed by atoms with Gasteiger partial charge in [0.25, 0.3) is 0 Å². The van der Waals surface area contributed by atoms with Crippen molar-refractivity contribution in [3.63, 3.8) is 0 Å². The Morgan fingerprint density at radius 1 is 1.27 bits per heavy atom. The molecule has 136 valence electrons. The smallest absolute Gasteiger partial charge is 0.347 e. The van der Waals surface area contributed by atoms with Gasteiger partial charge in [-0.25, -0.2) is 9.59 Å². The molecule has 0 amide bonds. The molecule has 0 saturated carbocycles. The number of carboxylic acids is 1. The van der Waals surface area contributed by atoms with Crippen LogP contribution in [-0.4, -0.2) is 41.7 Å². The van der Waals surface area contributed by atoms with Crippen molar-refractivity contribution in [2.45, 2.75) is 20.0 Å². The highest BCUT2D eigenvalue weighted by Crippen LogP contribution is 2.46. The second-order valence-electron chi connectivity index (χ2n) is 5.95. The second-order valence-corrected chi connectivity index (χ2v) is 5.95. The summed E-state index contributed by atoms with van der Waals surface area (Å²) in [6.45, 7) is 3.14. The molecule has 1 aliphatic carbocycles. The van der Waals surface area contributed by atoms with E-state index in [0.29, 0.717) is 17.4 Å². The molecule has 1 aromatic carbocycles. The van der Waals surface area contributed by atoms with Crippen molar-refractivity contribution in [2.75, 3.05) is 7.11 Å². The molecule has 0 bridgehead atoms. The molecule has 0 spiro atoms. The van der Waals surface area contributed by atoms with E-state index in [2.05, 4.69) is 0 Å². The number of hydrogen-bond donors (Lipinski definition) is 2. The Balaban J connectivity index is 2.29. The minimum atomic E-state index is -1.33. The van der Waals surface area contributed by atoms with Gasteiger partial charge in [-0.3, -0.25) is 0 Å². The van der Waals surface area contributed by atoms with E-state index in [4.69, 9.17) is 14.2 Å². The largest absolute Gasteiger partial charge is 0.496 e. The van der Waals surface area contributed by atoms with E-state index in [1.807, 2.05) is 0 Å². The van der Waals surface area contributed by atoms with E-state index in [-0.39, 0.29) is 34.1 Å². The van der Waals surface area contributed by atoms with Gasteiger partial charge in [0.2, 0.25) is 0 Å². The molecule has 26 heavy (non-hydrogen) atoms. The molecule has 2 aliphatic rings. The number of ether oxygens (including phenoxy) is 3. The number of carbonyl (C=O) groups is 3. The van der Waals surface area contributed by atoms with Crippen LogP contribution in [0, 0.1) is 12.8 Å². The minimum absolute atomic E-state index is 0.0155. The molecule has 3 rings (SSSR count). The van der Waals surface area contributed by atoms with Gasteiger partial charge < -0.3 is 29.2 Å². The zero-order valence-corrected chi connectivity index (χ0v) is 14.2. The Kier molecular flexibility index (Phi) is 4.29. The van der Waals surface area contributed by atoms with Gasteiger partial charge in [-0.15, -0.1) is 0 Å². The number of aldehydes is 1. The van der Waals surface area contributed by atoms with E-state index >= 15 is 0 Å². The molecular formula is C18H16O8. The zero-order valence-electron chi connectivity index (χ0n) is 14.2. The summed E-state index contributed by atoms with van der Waals surface area (Å²) < 4.78 is 16.2. The van der Waals surface area contributed by atoms with Gasteiger partial charge in [0.05, 0.1) is 13.2 Å². The first kappa shape index (κ1) is 17.7. The zero-order chi connectivity index (χ0) is 19.2. The van der Waals surface area contributed by atoms with Crippen LogP contribution in [0.5, 0.6) is 17.2 Å². The maximum absolute atomic E-state index is 12.6. The van der Waals surface area contributed by atoms with Crippen molar-refractivity contribution in [3.05, 3.63) is 40.2 Å². The van der Waals surface area contributed by atoms with E-state index < -0.39 is 24.0 Å². The lowest BCUT2D eigenvalue weighted by Crippen LogP contribution is -2.31. The topological polar surface area (TPSA) is 119 Å². The molecule has 8 heteroatoms. The third-order valence-corrected chi connectivity index (χ3v) is 4.38. The molecular weight excluding hydrogens is 344 g/mol. The van der Waals surface area contributed by atoms with Gasteiger partial charge in [0.15, 0.2) is 11.5 Å². The maximum Gasteiger partial charge on any atom is 0.347 e. The lowest BCUT2D eigenvalue weighted by molar-refractivity contribution is -0.129. The van der Waals surface area contributed by atoms with E-state index in [9.17, 15) is 24.6 Å². The van der Waals surface area contributed by atoms with Crippen molar-refractivity contribution in [2.24, 2.45) is 5.92 Å². The molecule has 1 aromatic rings. The fraction of sp³-hybridized carbons (Fsp3) is 0.278. The highest BCUT2D eigenvalue weighted by atomic mass is 16.6. The molecule has 1 aliphatic heterocycles. The molecule has 0 aromatic heterocycles. The minimum Gasteiger partial charge on any atom is -0.496 e. The molecule has 8 nitrogen and oxygen atoms in total. The fourth-order valence-electron chi connectivity index (χ4n) is 3.04. The van der Waals surface area contributed by atoms with Crippen LogP contribution in [0.1, 0.15) is 22.8 Å². The van der Waals surface area contributed by atoms with Gasteiger partial charge in [-0.1, -0.05) is 6.08 Å². The fourth-order valence-corrected chi connectivity index (χ4v) is 3.04. The molecule has 0 radical (unpaired) electrons. The Morgan fingerprint density at radius 2 is 1.96 bits per heavy atom.